The molecule has 0 aliphatic rings. The molecule has 0 aliphatic heterocycles. The van der Waals surface area contributed by atoms with E-state index in [0.717, 1.165) is 12.1 Å². The molecule has 1 aromatic heterocycles. The predicted octanol–water partition coefficient (Wildman–Crippen LogP) is 5.48. The lowest BCUT2D eigenvalue weighted by Crippen LogP contribution is -1.91. The molecule has 0 fully saturated rings. The van der Waals surface area contributed by atoms with Gasteiger partial charge in [-0.2, -0.15) is 0 Å². The first kappa shape index (κ1) is 14.2. The van der Waals surface area contributed by atoms with E-state index in [9.17, 15) is 0 Å². The Hall–Kier alpha value is -1.77. The van der Waals surface area contributed by atoms with Crippen molar-refractivity contribution in [2.45, 2.75) is 16.2 Å². The van der Waals surface area contributed by atoms with Crippen LogP contribution in [-0.2, 0) is 6.42 Å². The summed E-state index contributed by atoms with van der Waals surface area (Å²) in [5, 5.41) is 0.545. The Kier molecular flexibility index (Phi) is 4.59. The Bertz CT molecular complexity index is 711. The van der Waals surface area contributed by atoms with Crippen LogP contribution in [0, 0.1) is 0 Å². The van der Waals surface area contributed by atoms with Crippen molar-refractivity contribution < 1.29 is 0 Å². The van der Waals surface area contributed by atoms with Gasteiger partial charge in [0.25, 0.3) is 0 Å². The van der Waals surface area contributed by atoms with Crippen molar-refractivity contribution in [3.05, 3.63) is 89.2 Å². The summed E-state index contributed by atoms with van der Waals surface area (Å²) in [4.78, 5) is 6.81. The minimum absolute atomic E-state index is 0.545. The van der Waals surface area contributed by atoms with Crippen LogP contribution < -0.4 is 0 Å². The highest BCUT2D eigenvalue weighted by Crippen LogP contribution is 2.27. The van der Waals surface area contributed by atoms with E-state index < -0.39 is 0 Å². The highest BCUT2D eigenvalue weighted by molar-refractivity contribution is 7.99. The summed E-state index contributed by atoms with van der Waals surface area (Å²) < 4.78 is 0. The van der Waals surface area contributed by atoms with Gasteiger partial charge in [0.1, 0.15) is 5.15 Å². The molecule has 2 aromatic carbocycles. The third-order valence-corrected chi connectivity index (χ3v) is 4.29. The number of halogens is 1. The van der Waals surface area contributed by atoms with Crippen molar-refractivity contribution in [3.63, 3.8) is 0 Å². The number of aromatic nitrogens is 1. The summed E-state index contributed by atoms with van der Waals surface area (Å²) in [6.07, 6.45) is 0.802. The molecule has 1 heterocycles. The SMILES string of the molecule is Clc1cccc(Cc2ccc(Sc3ccccc3)cc2)n1. The largest absolute Gasteiger partial charge is 0.241 e. The fourth-order valence-electron chi connectivity index (χ4n) is 2.06. The van der Waals surface area contributed by atoms with Gasteiger partial charge in [-0.15, -0.1) is 0 Å². The molecule has 1 nitrogen and oxygen atoms in total. The second kappa shape index (κ2) is 6.79. The average molecular weight is 312 g/mol. The van der Waals surface area contributed by atoms with Gasteiger partial charge in [0, 0.05) is 21.9 Å². The van der Waals surface area contributed by atoms with Crippen molar-refractivity contribution in [2.24, 2.45) is 0 Å². The molecule has 3 rings (SSSR count). The summed E-state index contributed by atoms with van der Waals surface area (Å²) in [5.74, 6) is 0. The molecular formula is C18H14ClNS. The minimum atomic E-state index is 0.545. The normalized spacial score (nSPS) is 10.5. The summed E-state index contributed by atoms with van der Waals surface area (Å²) in [5.41, 5.74) is 2.23. The zero-order valence-corrected chi connectivity index (χ0v) is 12.9. The summed E-state index contributed by atoms with van der Waals surface area (Å²) in [6.45, 7) is 0. The van der Waals surface area contributed by atoms with E-state index >= 15 is 0 Å². The van der Waals surface area contributed by atoms with Crippen molar-refractivity contribution >= 4 is 23.4 Å². The Labute approximate surface area is 134 Å². The van der Waals surface area contributed by atoms with E-state index in [1.54, 1.807) is 17.8 Å². The minimum Gasteiger partial charge on any atom is -0.241 e. The Morgan fingerprint density at radius 1 is 0.762 bits per heavy atom. The Balaban J connectivity index is 1.69. The van der Waals surface area contributed by atoms with Crippen LogP contribution in [0.2, 0.25) is 5.15 Å². The molecule has 0 amide bonds. The molecule has 0 saturated heterocycles. The molecule has 0 spiro atoms. The molecule has 0 atom stereocenters. The number of rotatable bonds is 4. The zero-order valence-electron chi connectivity index (χ0n) is 11.4. The average Bonchev–Trinajstić information content (AvgIpc) is 2.50. The monoisotopic (exact) mass is 311 g/mol. The van der Waals surface area contributed by atoms with E-state index in [1.165, 1.54) is 15.4 Å². The van der Waals surface area contributed by atoms with Gasteiger partial charge in [-0.3, -0.25) is 0 Å². The third-order valence-electron chi connectivity index (χ3n) is 3.06. The van der Waals surface area contributed by atoms with Crippen molar-refractivity contribution in [2.75, 3.05) is 0 Å². The van der Waals surface area contributed by atoms with E-state index in [4.69, 9.17) is 11.6 Å². The molecule has 0 radical (unpaired) electrons. The molecule has 0 saturated carbocycles. The van der Waals surface area contributed by atoms with Gasteiger partial charge >= 0.3 is 0 Å². The van der Waals surface area contributed by atoms with Gasteiger partial charge in [0.2, 0.25) is 0 Å². The van der Waals surface area contributed by atoms with Crippen LogP contribution in [-0.4, -0.2) is 4.98 Å². The Morgan fingerprint density at radius 3 is 2.19 bits per heavy atom. The molecule has 0 N–H and O–H groups in total. The lowest BCUT2D eigenvalue weighted by molar-refractivity contribution is 1.07. The fraction of sp³-hybridized carbons (Fsp3) is 0.0556. The van der Waals surface area contributed by atoms with Crippen LogP contribution in [0.5, 0.6) is 0 Å². The highest BCUT2D eigenvalue weighted by Gasteiger charge is 2.01. The molecule has 104 valence electrons. The van der Waals surface area contributed by atoms with Crippen LogP contribution in [0.4, 0.5) is 0 Å². The third kappa shape index (κ3) is 4.10. The van der Waals surface area contributed by atoms with Crippen LogP contribution in [0.15, 0.2) is 82.6 Å². The maximum atomic E-state index is 5.91. The first-order valence-electron chi connectivity index (χ1n) is 6.73. The van der Waals surface area contributed by atoms with Crippen LogP contribution >= 0.6 is 23.4 Å². The standard InChI is InChI=1S/C18H14ClNS/c19-18-8-4-5-15(20-18)13-14-9-11-17(12-10-14)21-16-6-2-1-3-7-16/h1-12H,13H2. The van der Waals surface area contributed by atoms with Crippen molar-refractivity contribution in [1.29, 1.82) is 0 Å². The molecular weight excluding hydrogens is 298 g/mol. The molecule has 3 aromatic rings. The number of pyridine rings is 1. The van der Waals surface area contributed by atoms with Crippen molar-refractivity contribution in [3.8, 4) is 0 Å². The predicted molar refractivity (Wildman–Crippen MR) is 89.1 cm³/mol. The second-order valence-corrected chi connectivity index (χ2v) is 6.22. The van der Waals surface area contributed by atoms with Crippen molar-refractivity contribution in [1.82, 2.24) is 4.98 Å². The second-order valence-electron chi connectivity index (χ2n) is 4.69. The first-order chi connectivity index (χ1) is 10.3. The first-order valence-corrected chi connectivity index (χ1v) is 7.92. The smallest absolute Gasteiger partial charge is 0.129 e. The Morgan fingerprint density at radius 2 is 1.48 bits per heavy atom. The quantitative estimate of drug-likeness (QED) is 0.592. The maximum absolute atomic E-state index is 5.91. The maximum Gasteiger partial charge on any atom is 0.129 e. The van der Waals surface area contributed by atoms with E-state index in [1.807, 2.05) is 18.2 Å². The molecule has 0 bridgehead atoms. The van der Waals surface area contributed by atoms with E-state index in [0.29, 0.717) is 5.15 Å². The topological polar surface area (TPSA) is 12.9 Å². The van der Waals surface area contributed by atoms with Gasteiger partial charge in [-0.25, -0.2) is 4.98 Å². The molecule has 21 heavy (non-hydrogen) atoms. The van der Waals surface area contributed by atoms with Gasteiger partial charge in [-0.1, -0.05) is 59.8 Å². The summed E-state index contributed by atoms with van der Waals surface area (Å²) in [7, 11) is 0. The van der Waals surface area contributed by atoms with Crippen LogP contribution in [0.1, 0.15) is 11.3 Å². The highest BCUT2D eigenvalue weighted by atomic mass is 35.5. The van der Waals surface area contributed by atoms with Crippen LogP contribution in [0.3, 0.4) is 0 Å². The molecule has 3 heteroatoms. The lowest BCUT2D eigenvalue weighted by Gasteiger charge is -2.04. The summed E-state index contributed by atoms with van der Waals surface area (Å²) >= 11 is 7.68. The molecule has 0 unspecified atom stereocenters. The van der Waals surface area contributed by atoms with E-state index in [-0.39, 0.29) is 0 Å². The summed E-state index contributed by atoms with van der Waals surface area (Å²) in [6, 6.07) is 24.7. The van der Waals surface area contributed by atoms with E-state index in [2.05, 4.69) is 53.5 Å². The van der Waals surface area contributed by atoms with Crippen LogP contribution in [0.25, 0.3) is 0 Å². The lowest BCUT2D eigenvalue weighted by atomic mass is 10.1. The number of hydrogen-bond acceptors (Lipinski definition) is 2. The van der Waals surface area contributed by atoms with Gasteiger partial charge < -0.3 is 0 Å². The molecule has 0 aliphatic carbocycles. The van der Waals surface area contributed by atoms with Gasteiger partial charge in [0.05, 0.1) is 0 Å². The fourth-order valence-corrected chi connectivity index (χ4v) is 3.08. The number of hydrogen-bond donors (Lipinski definition) is 0. The number of benzene rings is 2. The number of nitrogens with zero attached hydrogens (tertiary/aromatic N) is 1. The zero-order chi connectivity index (χ0) is 14.5. The van der Waals surface area contributed by atoms with Gasteiger partial charge in [0.15, 0.2) is 0 Å². The van der Waals surface area contributed by atoms with Gasteiger partial charge in [-0.05, 0) is 42.0 Å².